The SMILES string of the molecule is COC(=O)CCCCC(=O)NC(C(=O)NCC=O)C(C)C. The molecule has 0 saturated heterocycles. The van der Waals surface area contributed by atoms with E-state index in [4.69, 9.17) is 0 Å². The molecular weight excluding hydrogens is 276 g/mol. The maximum atomic E-state index is 11.8. The standard InChI is InChI=1S/C14H24N2O5/c1-10(2)13(14(20)15-8-9-17)16-11(18)6-4-5-7-12(19)21-3/h9-10,13H,4-8H2,1-3H3,(H,15,20)(H,16,18). The Morgan fingerprint density at radius 1 is 1.14 bits per heavy atom. The predicted molar refractivity (Wildman–Crippen MR) is 76.3 cm³/mol. The summed E-state index contributed by atoms with van der Waals surface area (Å²) in [6, 6.07) is -0.668. The maximum Gasteiger partial charge on any atom is 0.305 e. The van der Waals surface area contributed by atoms with Gasteiger partial charge in [0.05, 0.1) is 13.7 Å². The number of carbonyl (C=O) groups excluding carboxylic acids is 4. The molecule has 0 aliphatic heterocycles. The van der Waals surface area contributed by atoms with Crippen LogP contribution >= 0.6 is 0 Å². The third kappa shape index (κ3) is 8.78. The van der Waals surface area contributed by atoms with E-state index in [2.05, 4.69) is 15.4 Å². The molecule has 1 unspecified atom stereocenters. The second kappa shape index (κ2) is 10.8. The summed E-state index contributed by atoms with van der Waals surface area (Å²) >= 11 is 0. The lowest BCUT2D eigenvalue weighted by Gasteiger charge is -2.21. The molecule has 7 nitrogen and oxygen atoms in total. The van der Waals surface area contributed by atoms with Crippen LogP contribution in [0.15, 0.2) is 0 Å². The number of hydrogen-bond donors (Lipinski definition) is 2. The molecule has 0 aliphatic carbocycles. The van der Waals surface area contributed by atoms with Crippen molar-refractivity contribution in [2.45, 2.75) is 45.6 Å². The van der Waals surface area contributed by atoms with Crippen molar-refractivity contribution in [3.63, 3.8) is 0 Å². The van der Waals surface area contributed by atoms with Crippen LogP contribution in [0.25, 0.3) is 0 Å². The molecule has 0 aromatic heterocycles. The molecule has 1 atom stereocenters. The number of unbranched alkanes of at least 4 members (excludes halogenated alkanes) is 1. The molecule has 0 heterocycles. The molecule has 0 aliphatic rings. The Labute approximate surface area is 124 Å². The molecule has 0 rings (SSSR count). The van der Waals surface area contributed by atoms with Crippen molar-refractivity contribution in [3.05, 3.63) is 0 Å². The highest BCUT2D eigenvalue weighted by Gasteiger charge is 2.23. The van der Waals surface area contributed by atoms with Gasteiger partial charge in [-0.3, -0.25) is 14.4 Å². The number of esters is 1. The molecule has 0 bridgehead atoms. The van der Waals surface area contributed by atoms with Crippen LogP contribution in [0.5, 0.6) is 0 Å². The second-order valence-corrected chi connectivity index (χ2v) is 4.98. The summed E-state index contributed by atoms with van der Waals surface area (Å²) in [4.78, 5) is 44.7. The Kier molecular flexibility index (Phi) is 9.83. The van der Waals surface area contributed by atoms with E-state index in [1.165, 1.54) is 7.11 Å². The number of amides is 2. The zero-order valence-electron chi connectivity index (χ0n) is 12.8. The van der Waals surface area contributed by atoms with Gasteiger partial charge in [0.1, 0.15) is 12.3 Å². The van der Waals surface area contributed by atoms with E-state index in [-0.39, 0.29) is 43.1 Å². The lowest BCUT2D eigenvalue weighted by molar-refractivity contribution is -0.140. The van der Waals surface area contributed by atoms with E-state index in [0.717, 1.165) is 0 Å². The van der Waals surface area contributed by atoms with Gasteiger partial charge in [0.15, 0.2) is 0 Å². The first-order valence-corrected chi connectivity index (χ1v) is 6.99. The van der Waals surface area contributed by atoms with E-state index in [0.29, 0.717) is 19.1 Å². The van der Waals surface area contributed by atoms with Crippen LogP contribution in [-0.4, -0.2) is 43.8 Å². The van der Waals surface area contributed by atoms with Gasteiger partial charge < -0.3 is 20.2 Å². The minimum Gasteiger partial charge on any atom is -0.469 e. The fourth-order valence-electron chi connectivity index (χ4n) is 1.69. The third-order valence-corrected chi connectivity index (χ3v) is 2.89. The summed E-state index contributed by atoms with van der Waals surface area (Å²) in [7, 11) is 1.32. The molecule has 0 fully saturated rings. The van der Waals surface area contributed by atoms with Gasteiger partial charge in [-0.05, 0) is 18.8 Å². The number of aldehydes is 1. The molecule has 2 N–H and O–H groups in total. The number of carbonyl (C=O) groups is 4. The van der Waals surface area contributed by atoms with Gasteiger partial charge in [-0.15, -0.1) is 0 Å². The zero-order chi connectivity index (χ0) is 16.3. The van der Waals surface area contributed by atoms with Gasteiger partial charge in [-0.2, -0.15) is 0 Å². The summed E-state index contributed by atoms with van der Waals surface area (Å²) in [6.07, 6.45) is 2.20. The minimum absolute atomic E-state index is 0.0724. The normalized spacial score (nSPS) is 11.6. The van der Waals surface area contributed by atoms with E-state index < -0.39 is 6.04 Å². The van der Waals surface area contributed by atoms with E-state index >= 15 is 0 Å². The average molecular weight is 300 g/mol. The van der Waals surface area contributed by atoms with Crippen LogP contribution in [0.3, 0.4) is 0 Å². The molecular formula is C14H24N2O5. The Hall–Kier alpha value is -1.92. The minimum atomic E-state index is -0.668. The molecule has 7 heteroatoms. The van der Waals surface area contributed by atoms with Gasteiger partial charge in [0.25, 0.3) is 0 Å². The van der Waals surface area contributed by atoms with Crippen LogP contribution < -0.4 is 10.6 Å². The number of rotatable bonds is 10. The first-order chi connectivity index (χ1) is 9.92. The predicted octanol–water partition coefficient (Wildman–Crippen LogP) is 0.176. The topological polar surface area (TPSA) is 102 Å². The van der Waals surface area contributed by atoms with Crippen LogP contribution in [-0.2, 0) is 23.9 Å². The summed E-state index contributed by atoms with van der Waals surface area (Å²) in [5.74, 6) is -1.01. The summed E-state index contributed by atoms with van der Waals surface area (Å²) in [5, 5.41) is 5.07. The van der Waals surface area contributed by atoms with Gasteiger partial charge in [0.2, 0.25) is 11.8 Å². The lowest BCUT2D eigenvalue weighted by atomic mass is 10.0. The zero-order valence-corrected chi connectivity index (χ0v) is 12.8. The van der Waals surface area contributed by atoms with Crippen molar-refractivity contribution in [2.75, 3.05) is 13.7 Å². The van der Waals surface area contributed by atoms with Crippen molar-refractivity contribution >= 4 is 24.1 Å². The molecule has 0 aromatic carbocycles. The Bertz CT molecular complexity index is 368. The van der Waals surface area contributed by atoms with Gasteiger partial charge in [-0.25, -0.2) is 0 Å². The average Bonchev–Trinajstić information content (AvgIpc) is 2.45. The van der Waals surface area contributed by atoms with E-state index in [1.54, 1.807) is 0 Å². The fraction of sp³-hybridized carbons (Fsp3) is 0.714. The molecule has 21 heavy (non-hydrogen) atoms. The second-order valence-electron chi connectivity index (χ2n) is 4.98. The Morgan fingerprint density at radius 2 is 1.76 bits per heavy atom. The molecule has 0 aromatic rings. The lowest BCUT2D eigenvalue weighted by Crippen LogP contribution is -2.50. The summed E-state index contributed by atoms with van der Waals surface area (Å²) in [5.41, 5.74) is 0. The van der Waals surface area contributed by atoms with E-state index in [1.807, 2.05) is 13.8 Å². The van der Waals surface area contributed by atoms with Crippen molar-refractivity contribution < 1.29 is 23.9 Å². The molecule has 2 amide bonds. The third-order valence-electron chi connectivity index (χ3n) is 2.89. The van der Waals surface area contributed by atoms with Crippen molar-refractivity contribution in [1.82, 2.24) is 10.6 Å². The van der Waals surface area contributed by atoms with Gasteiger partial charge in [0, 0.05) is 12.8 Å². The first-order valence-electron chi connectivity index (χ1n) is 6.99. The smallest absolute Gasteiger partial charge is 0.305 e. The van der Waals surface area contributed by atoms with E-state index in [9.17, 15) is 19.2 Å². The van der Waals surface area contributed by atoms with Crippen LogP contribution in [0.1, 0.15) is 39.5 Å². The number of ether oxygens (including phenoxy) is 1. The molecule has 0 radical (unpaired) electrons. The number of methoxy groups -OCH3 is 1. The van der Waals surface area contributed by atoms with Crippen LogP contribution in [0, 0.1) is 5.92 Å². The highest BCUT2D eigenvalue weighted by Crippen LogP contribution is 2.05. The van der Waals surface area contributed by atoms with Crippen LogP contribution in [0.4, 0.5) is 0 Å². The summed E-state index contributed by atoms with van der Waals surface area (Å²) in [6.45, 7) is 3.54. The molecule has 0 saturated carbocycles. The Balaban J connectivity index is 4.14. The fourth-order valence-corrected chi connectivity index (χ4v) is 1.69. The molecule has 120 valence electrons. The van der Waals surface area contributed by atoms with Crippen molar-refractivity contribution in [2.24, 2.45) is 5.92 Å². The van der Waals surface area contributed by atoms with Gasteiger partial charge in [-0.1, -0.05) is 13.8 Å². The number of nitrogens with one attached hydrogen (secondary N) is 2. The largest absolute Gasteiger partial charge is 0.469 e. The quantitative estimate of drug-likeness (QED) is 0.340. The van der Waals surface area contributed by atoms with Crippen molar-refractivity contribution in [1.29, 1.82) is 0 Å². The van der Waals surface area contributed by atoms with Crippen LogP contribution in [0.2, 0.25) is 0 Å². The molecule has 0 spiro atoms. The highest BCUT2D eigenvalue weighted by atomic mass is 16.5. The highest BCUT2D eigenvalue weighted by molar-refractivity contribution is 5.88. The summed E-state index contributed by atoms with van der Waals surface area (Å²) < 4.78 is 4.50. The van der Waals surface area contributed by atoms with Crippen molar-refractivity contribution in [3.8, 4) is 0 Å². The maximum absolute atomic E-state index is 11.8. The first kappa shape index (κ1) is 19.1. The number of hydrogen-bond acceptors (Lipinski definition) is 5. The van der Waals surface area contributed by atoms with Gasteiger partial charge >= 0.3 is 5.97 Å². The Morgan fingerprint density at radius 3 is 2.29 bits per heavy atom. The monoisotopic (exact) mass is 300 g/mol.